The number of carbonyl (C=O) groups is 2. The summed E-state index contributed by atoms with van der Waals surface area (Å²) in [6.45, 7) is 0.614. The second-order valence-corrected chi connectivity index (χ2v) is 8.52. The standard InChI is InChI=1S/C24H19ClN4O3S/c25-18-11-9-16(10-12-18)14-29-21-8-4-3-7-20(21)27-24(29)33-15-22(30)28-26-13-17-5-1-2-6-19(17)23(31)32/h1-13H,14-15H2,(H2,28,30,31,32). The third kappa shape index (κ3) is 5.60. The van der Waals surface area contributed by atoms with Crippen LogP contribution < -0.4 is 15.1 Å². The van der Waals surface area contributed by atoms with Crippen LogP contribution in [0.25, 0.3) is 11.0 Å². The maximum Gasteiger partial charge on any atom is 0.317 e. The van der Waals surface area contributed by atoms with Crippen LogP contribution in [0.3, 0.4) is 0 Å². The molecule has 0 fully saturated rings. The van der Waals surface area contributed by atoms with Gasteiger partial charge in [0.2, 0.25) is 0 Å². The summed E-state index contributed by atoms with van der Waals surface area (Å²) < 4.78 is 2.11. The van der Waals surface area contributed by atoms with Crippen molar-refractivity contribution in [2.45, 2.75) is 11.7 Å². The molecule has 1 amide bonds. The fourth-order valence-electron chi connectivity index (χ4n) is 3.29. The first kappa shape index (κ1) is 22.6. The van der Waals surface area contributed by atoms with E-state index >= 15 is 0 Å². The average molecular weight is 479 g/mol. The van der Waals surface area contributed by atoms with Gasteiger partial charge in [-0.2, -0.15) is 5.10 Å². The van der Waals surface area contributed by atoms with Crippen LogP contribution in [0.5, 0.6) is 0 Å². The van der Waals surface area contributed by atoms with Crippen molar-refractivity contribution in [1.82, 2.24) is 10.4 Å². The minimum Gasteiger partial charge on any atom is -0.545 e. The largest absolute Gasteiger partial charge is 0.545 e. The van der Waals surface area contributed by atoms with Gasteiger partial charge in [-0.05, 0) is 41.6 Å². The van der Waals surface area contributed by atoms with Gasteiger partial charge in [-0.25, -0.2) is 15.0 Å². The van der Waals surface area contributed by atoms with E-state index in [4.69, 9.17) is 11.6 Å². The average Bonchev–Trinajstić information content (AvgIpc) is 3.16. The molecule has 9 heteroatoms. The molecule has 0 aliphatic rings. The highest BCUT2D eigenvalue weighted by Gasteiger charge is 2.20. The topological polar surface area (TPSA) is 101 Å². The van der Waals surface area contributed by atoms with E-state index in [1.807, 2.05) is 48.5 Å². The Balaban J connectivity index is 1.45. The minimum atomic E-state index is -1.30. The lowest BCUT2D eigenvalue weighted by atomic mass is 10.1. The smallest absolute Gasteiger partial charge is 0.317 e. The number of aromatic carboxylic acids is 1. The Kier molecular flexibility index (Phi) is 7.07. The van der Waals surface area contributed by atoms with Crippen LogP contribution in [0.1, 0.15) is 21.5 Å². The Labute approximate surface area is 199 Å². The molecule has 0 radical (unpaired) electrons. The lowest BCUT2D eigenvalue weighted by Crippen LogP contribution is -2.36. The van der Waals surface area contributed by atoms with Crippen molar-refractivity contribution in [2.75, 3.05) is 5.75 Å². The van der Waals surface area contributed by atoms with Crippen LogP contribution in [-0.2, 0) is 11.3 Å². The highest BCUT2D eigenvalue weighted by Crippen LogP contribution is 2.19. The molecule has 2 N–H and O–H groups in total. The summed E-state index contributed by atoms with van der Waals surface area (Å²) in [6.07, 6.45) is 1.29. The molecule has 33 heavy (non-hydrogen) atoms. The molecule has 0 bridgehead atoms. The summed E-state index contributed by atoms with van der Waals surface area (Å²) in [7, 11) is 0. The van der Waals surface area contributed by atoms with Crippen LogP contribution in [0, 0.1) is 0 Å². The number of carboxylic acid groups (broad SMARTS) is 1. The van der Waals surface area contributed by atoms with E-state index in [-0.39, 0.29) is 17.2 Å². The number of carboxylic acids is 1. The third-order valence-corrected chi connectivity index (χ3v) is 6.10. The zero-order chi connectivity index (χ0) is 23.2. The molecule has 0 saturated carbocycles. The summed E-state index contributed by atoms with van der Waals surface area (Å²) in [5, 5.41) is 16.5. The number of carbonyl (C=O) groups excluding carboxylic acids is 2. The SMILES string of the molecule is O=C(CSc1[nH]c2ccccc2[n+]1Cc1ccc(Cl)cc1)NN=Cc1ccccc1C(=O)[O-]. The number of hydrogen-bond donors (Lipinski definition) is 2. The van der Waals surface area contributed by atoms with E-state index in [0.29, 0.717) is 17.1 Å². The number of amides is 1. The zero-order valence-electron chi connectivity index (χ0n) is 17.3. The number of fused-ring (bicyclic) bond motifs is 1. The van der Waals surface area contributed by atoms with Gasteiger partial charge in [0, 0.05) is 16.1 Å². The van der Waals surface area contributed by atoms with Crippen molar-refractivity contribution >= 4 is 52.5 Å². The van der Waals surface area contributed by atoms with Gasteiger partial charge in [0.1, 0.15) is 6.54 Å². The number of aromatic amines is 1. The van der Waals surface area contributed by atoms with Crippen LogP contribution in [0.15, 0.2) is 83.1 Å². The van der Waals surface area contributed by atoms with Crippen LogP contribution >= 0.6 is 23.4 Å². The van der Waals surface area contributed by atoms with Gasteiger partial charge in [0.05, 0.1) is 17.9 Å². The lowest BCUT2D eigenvalue weighted by Gasteiger charge is -2.05. The second kappa shape index (κ2) is 10.3. The zero-order valence-corrected chi connectivity index (χ0v) is 18.9. The minimum absolute atomic E-state index is 0.00573. The molecule has 0 saturated heterocycles. The number of hydrazone groups is 1. The van der Waals surface area contributed by atoms with E-state index < -0.39 is 5.97 Å². The maximum absolute atomic E-state index is 12.3. The number of thioether (sulfide) groups is 1. The first-order chi connectivity index (χ1) is 16.0. The molecular weight excluding hydrogens is 460 g/mol. The van der Waals surface area contributed by atoms with Gasteiger partial charge in [-0.15, -0.1) is 0 Å². The monoisotopic (exact) mass is 478 g/mol. The molecule has 4 aromatic rings. The van der Waals surface area contributed by atoms with Gasteiger partial charge < -0.3 is 9.90 Å². The molecule has 0 atom stereocenters. The first-order valence-corrected chi connectivity index (χ1v) is 11.4. The third-order valence-electron chi connectivity index (χ3n) is 4.85. The summed E-state index contributed by atoms with van der Waals surface area (Å²) in [5.41, 5.74) is 5.85. The van der Waals surface area contributed by atoms with Crippen LogP contribution in [-0.4, -0.2) is 28.8 Å². The normalized spacial score (nSPS) is 11.2. The van der Waals surface area contributed by atoms with Gasteiger partial charge in [0.15, 0.2) is 11.0 Å². The summed E-state index contributed by atoms with van der Waals surface area (Å²) >= 11 is 7.35. The molecule has 1 aromatic heterocycles. The number of imidazole rings is 1. The van der Waals surface area contributed by atoms with E-state index in [2.05, 4.69) is 20.1 Å². The second-order valence-electron chi connectivity index (χ2n) is 7.12. The summed E-state index contributed by atoms with van der Waals surface area (Å²) in [5.74, 6) is -1.51. The van der Waals surface area contributed by atoms with Crippen molar-refractivity contribution in [3.8, 4) is 0 Å². The van der Waals surface area contributed by atoms with Crippen LogP contribution in [0.2, 0.25) is 5.02 Å². The number of nitrogens with one attached hydrogen (secondary N) is 2. The highest BCUT2D eigenvalue weighted by molar-refractivity contribution is 7.99. The Morgan fingerprint density at radius 2 is 1.79 bits per heavy atom. The first-order valence-electron chi connectivity index (χ1n) is 10.0. The maximum atomic E-state index is 12.3. The number of halogens is 1. The Bertz CT molecular complexity index is 1340. The van der Waals surface area contributed by atoms with Crippen molar-refractivity contribution in [1.29, 1.82) is 0 Å². The molecule has 0 spiro atoms. The number of H-pyrrole nitrogens is 1. The molecule has 166 valence electrons. The fourth-order valence-corrected chi connectivity index (χ4v) is 4.24. The quantitative estimate of drug-likeness (QED) is 0.176. The Morgan fingerprint density at radius 3 is 2.58 bits per heavy atom. The van der Waals surface area contributed by atoms with Crippen molar-refractivity contribution in [3.63, 3.8) is 0 Å². The molecule has 3 aromatic carbocycles. The van der Waals surface area contributed by atoms with E-state index in [0.717, 1.165) is 21.8 Å². The van der Waals surface area contributed by atoms with Crippen molar-refractivity contribution in [3.05, 3.63) is 94.5 Å². The predicted octanol–water partition coefficient (Wildman–Crippen LogP) is 2.76. The van der Waals surface area contributed by atoms with Gasteiger partial charge in [-0.1, -0.05) is 60.1 Å². The number of nitrogens with zero attached hydrogens (tertiary/aromatic N) is 2. The van der Waals surface area contributed by atoms with E-state index in [1.54, 1.807) is 18.2 Å². The number of hydrogen-bond acceptors (Lipinski definition) is 5. The molecule has 1 heterocycles. The molecule has 4 rings (SSSR count). The van der Waals surface area contributed by atoms with Crippen LogP contribution in [0.4, 0.5) is 0 Å². The number of benzene rings is 3. The van der Waals surface area contributed by atoms with Gasteiger partial charge >= 0.3 is 5.16 Å². The van der Waals surface area contributed by atoms with E-state index in [1.165, 1.54) is 24.0 Å². The summed E-state index contributed by atoms with van der Waals surface area (Å²) in [4.78, 5) is 26.9. The fraction of sp³-hybridized carbons (Fsp3) is 0.0833. The Morgan fingerprint density at radius 1 is 1.06 bits per heavy atom. The Hall–Kier alpha value is -3.62. The highest BCUT2D eigenvalue weighted by atomic mass is 35.5. The van der Waals surface area contributed by atoms with E-state index in [9.17, 15) is 14.7 Å². The molecule has 0 unspecified atom stereocenters. The molecule has 0 aliphatic carbocycles. The van der Waals surface area contributed by atoms with Crippen molar-refractivity contribution < 1.29 is 19.3 Å². The number of para-hydroxylation sites is 2. The van der Waals surface area contributed by atoms with Gasteiger partial charge in [-0.3, -0.25) is 4.79 Å². The molecule has 7 nitrogen and oxygen atoms in total. The number of rotatable bonds is 8. The summed E-state index contributed by atoms with van der Waals surface area (Å²) in [6, 6.07) is 21.8. The van der Waals surface area contributed by atoms with Gasteiger partial charge in [0.25, 0.3) is 5.91 Å². The lowest BCUT2D eigenvalue weighted by molar-refractivity contribution is -0.700. The molecule has 0 aliphatic heterocycles. The predicted molar refractivity (Wildman–Crippen MR) is 126 cm³/mol. The number of aromatic nitrogens is 2. The molecular formula is C24H19ClN4O3S. The van der Waals surface area contributed by atoms with Crippen molar-refractivity contribution in [2.24, 2.45) is 5.10 Å².